The highest BCUT2D eigenvalue weighted by Crippen LogP contribution is 2.06. The zero-order valence-electron chi connectivity index (χ0n) is 11.4. The summed E-state index contributed by atoms with van der Waals surface area (Å²) in [5, 5.41) is 11.5. The topological polar surface area (TPSA) is 105 Å². The Balaban J connectivity index is 1.86. The molecule has 0 fully saturated rings. The van der Waals surface area contributed by atoms with Crippen LogP contribution in [0.25, 0.3) is 0 Å². The highest BCUT2D eigenvalue weighted by atomic mass is 16.4. The second-order valence-corrected chi connectivity index (χ2v) is 4.58. The van der Waals surface area contributed by atoms with E-state index in [9.17, 15) is 9.59 Å². The minimum absolute atomic E-state index is 0.0662. The van der Waals surface area contributed by atoms with E-state index in [0.29, 0.717) is 0 Å². The Labute approximate surface area is 121 Å². The van der Waals surface area contributed by atoms with Gasteiger partial charge in [0.2, 0.25) is 0 Å². The van der Waals surface area contributed by atoms with Crippen molar-refractivity contribution >= 4 is 11.9 Å². The Kier molecular flexibility index (Phi) is 4.65. The van der Waals surface area contributed by atoms with E-state index in [4.69, 9.17) is 9.52 Å². The van der Waals surface area contributed by atoms with Gasteiger partial charge in [-0.1, -0.05) is 0 Å². The van der Waals surface area contributed by atoms with Gasteiger partial charge < -0.3 is 14.8 Å². The van der Waals surface area contributed by atoms with Crippen molar-refractivity contribution < 1.29 is 19.1 Å². The molecule has 1 unspecified atom stereocenters. The number of carbonyl (C=O) groups excluding carboxylic acids is 1. The minimum Gasteiger partial charge on any atom is -0.476 e. The summed E-state index contributed by atoms with van der Waals surface area (Å²) >= 11 is 0. The van der Waals surface area contributed by atoms with Crippen molar-refractivity contribution in [1.82, 2.24) is 15.3 Å². The fraction of sp³-hybridized carbons (Fsp3) is 0.286. The maximum Gasteiger partial charge on any atom is 0.356 e. The van der Waals surface area contributed by atoms with Crippen LogP contribution in [0.15, 0.2) is 35.2 Å². The number of hydrogen-bond acceptors (Lipinski definition) is 5. The summed E-state index contributed by atoms with van der Waals surface area (Å²) in [4.78, 5) is 30.0. The van der Waals surface area contributed by atoms with Gasteiger partial charge in [0.25, 0.3) is 5.91 Å². The third-order valence-electron chi connectivity index (χ3n) is 2.88. The molecule has 7 heteroatoms. The third-order valence-corrected chi connectivity index (χ3v) is 2.88. The standard InChI is InChI=1S/C14H15N3O4/c1-9(4-5-10-3-2-6-21-10)17-13(18)11-7-16-12(8-15-11)14(19)20/h2-3,6-9H,4-5H2,1H3,(H,17,18)(H,19,20). The number of carboxylic acid groups (broad SMARTS) is 1. The molecule has 0 aliphatic carbocycles. The third kappa shape index (κ3) is 4.13. The summed E-state index contributed by atoms with van der Waals surface area (Å²) < 4.78 is 5.22. The largest absolute Gasteiger partial charge is 0.476 e. The van der Waals surface area contributed by atoms with Crippen molar-refractivity contribution in [2.75, 3.05) is 0 Å². The van der Waals surface area contributed by atoms with Crippen molar-refractivity contribution in [3.05, 3.63) is 47.9 Å². The van der Waals surface area contributed by atoms with Gasteiger partial charge in [-0.2, -0.15) is 0 Å². The first-order valence-electron chi connectivity index (χ1n) is 6.45. The zero-order valence-corrected chi connectivity index (χ0v) is 11.4. The fourth-order valence-corrected chi connectivity index (χ4v) is 1.74. The van der Waals surface area contributed by atoms with E-state index in [-0.39, 0.29) is 23.3 Å². The van der Waals surface area contributed by atoms with Gasteiger partial charge in [-0.3, -0.25) is 4.79 Å². The number of carbonyl (C=O) groups is 2. The maximum atomic E-state index is 11.9. The van der Waals surface area contributed by atoms with Gasteiger partial charge in [0.05, 0.1) is 18.7 Å². The molecule has 2 rings (SSSR count). The number of hydrogen-bond donors (Lipinski definition) is 2. The zero-order chi connectivity index (χ0) is 15.2. The summed E-state index contributed by atoms with van der Waals surface area (Å²) in [5.41, 5.74) is -0.109. The van der Waals surface area contributed by atoms with Gasteiger partial charge in [-0.25, -0.2) is 14.8 Å². The number of aromatic carboxylic acids is 1. The Hall–Kier alpha value is -2.70. The van der Waals surface area contributed by atoms with Crippen molar-refractivity contribution in [1.29, 1.82) is 0 Å². The lowest BCUT2D eigenvalue weighted by Gasteiger charge is -2.12. The number of rotatable bonds is 6. The van der Waals surface area contributed by atoms with E-state index in [0.717, 1.165) is 31.0 Å². The van der Waals surface area contributed by atoms with Crippen LogP contribution in [0, 0.1) is 0 Å². The van der Waals surface area contributed by atoms with E-state index >= 15 is 0 Å². The first kappa shape index (κ1) is 14.7. The number of nitrogens with zero attached hydrogens (tertiary/aromatic N) is 2. The normalized spacial score (nSPS) is 11.9. The van der Waals surface area contributed by atoms with Crippen LogP contribution in [0.1, 0.15) is 40.1 Å². The molecule has 2 heterocycles. The lowest BCUT2D eigenvalue weighted by Crippen LogP contribution is -2.33. The molecule has 0 bridgehead atoms. The van der Waals surface area contributed by atoms with E-state index in [1.54, 1.807) is 6.26 Å². The average molecular weight is 289 g/mol. The summed E-state index contributed by atoms with van der Waals surface area (Å²) in [6.07, 6.45) is 5.26. The van der Waals surface area contributed by atoms with E-state index < -0.39 is 5.97 Å². The van der Waals surface area contributed by atoms with Crippen LogP contribution >= 0.6 is 0 Å². The SMILES string of the molecule is CC(CCc1ccco1)NC(=O)c1cnc(C(=O)O)cn1. The molecule has 1 atom stereocenters. The molecule has 0 aromatic carbocycles. The molecule has 7 nitrogen and oxygen atoms in total. The number of aryl methyl sites for hydroxylation is 1. The molecule has 0 spiro atoms. The molecule has 1 amide bonds. The maximum absolute atomic E-state index is 11.9. The summed E-state index contributed by atoms with van der Waals surface area (Å²) in [7, 11) is 0. The van der Waals surface area contributed by atoms with Crippen LogP contribution in [-0.4, -0.2) is 33.0 Å². The molecule has 0 saturated heterocycles. The van der Waals surface area contributed by atoms with Crippen LogP contribution in [0.2, 0.25) is 0 Å². The lowest BCUT2D eigenvalue weighted by atomic mass is 10.1. The van der Waals surface area contributed by atoms with Crippen LogP contribution in [0.4, 0.5) is 0 Å². The number of furan rings is 1. The monoisotopic (exact) mass is 289 g/mol. The quantitative estimate of drug-likeness (QED) is 0.835. The highest BCUT2D eigenvalue weighted by molar-refractivity contribution is 5.92. The predicted octanol–water partition coefficient (Wildman–Crippen LogP) is 1.52. The summed E-state index contributed by atoms with van der Waals surface area (Å²) in [5.74, 6) is -0.700. The molecule has 21 heavy (non-hydrogen) atoms. The molecule has 2 aromatic rings. The Bertz CT molecular complexity index is 608. The molecular weight excluding hydrogens is 274 g/mol. The molecule has 0 aliphatic heterocycles. The second-order valence-electron chi connectivity index (χ2n) is 4.58. The minimum atomic E-state index is -1.18. The Morgan fingerprint density at radius 2 is 2.05 bits per heavy atom. The van der Waals surface area contributed by atoms with Gasteiger partial charge in [0.15, 0.2) is 5.69 Å². The van der Waals surface area contributed by atoms with Crippen molar-refractivity contribution in [2.24, 2.45) is 0 Å². The van der Waals surface area contributed by atoms with Crippen LogP contribution in [0.3, 0.4) is 0 Å². The van der Waals surface area contributed by atoms with Gasteiger partial charge in [0, 0.05) is 12.5 Å². The van der Waals surface area contributed by atoms with Crippen LogP contribution in [0.5, 0.6) is 0 Å². The van der Waals surface area contributed by atoms with E-state index in [2.05, 4.69) is 15.3 Å². The predicted molar refractivity (Wildman–Crippen MR) is 72.9 cm³/mol. The Morgan fingerprint density at radius 3 is 2.62 bits per heavy atom. The first-order valence-corrected chi connectivity index (χ1v) is 6.45. The lowest BCUT2D eigenvalue weighted by molar-refractivity contribution is 0.0689. The Morgan fingerprint density at radius 1 is 1.33 bits per heavy atom. The van der Waals surface area contributed by atoms with Crippen LogP contribution < -0.4 is 5.32 Å². The molecule has 0 radical (unpaired) electrons. The van der Waals surface area contributed by atoms with E-state index in [1.165, 1.54) is 0 Å². The van der Waals surface area contributed by atoms with Gasteiger partial charge in [0.1, 0.15) is 11.5 Å². The van der Waals surface area contributed by atoms with Crippen molar-refractivity contribution in [2.45, 2.75) is 25.8 Å². The van der Waals surface area contributed by atoms with Crippen LogP contribution in [-0.2, 0) is 6.42 Å². The second kappa shape index (κ2) is 6.65. The summed E-state index contributed by atoms with van der Waals surface area (Å²) in [6.45, 7) is 1.87. The van der Waals surface area contributed by atoms with Gasteiger partial charge >= 0.3 is 5.97 Å². The first-order chi connectivity index (χ1) is 10.1. The average Bonchev–Trinajstić information content (AvgIpc) is 2.98. The number of aromatic nitrogens is 2. The molecule has 2 aromatic heterocycles. The highest BCUT2D eigenvalue weighted by Gasteiger charge is 2.13. The molecule has 0 saturated carbocycles. The van der Waals surface area contributed by atoms with Gasteiger partial charge in [-0.15, -0.1) is 0 Å². The summed E-state index contributed by atoms with van der Waals surface area (Å²) in [6, 6.07) is 3.63. The number of nitrogens with one attached hydrogen (secondary N) is 1. The van der Waals surface area contributed by atoms with Crippen molar-refractivity contribution in [3.8, 4) is 0 Å². The molecule has 110 valence electrons. The fourth-order valence-electron chi connectivity index (χ4n) is 1.74. The molecule has 2 N–H and O–H groups in total. The molecular formula is C14H15N3O4. The number of amides is 1. The molecule has 0 aliphatic rings. The smallest absolute Gasteiger partial charge is 0.356 e. The van der Waals surface area contributed by atoms with Crippen molar-refractivity contribution in [3.63, 3.8) is 0 Å². The van der Waals surface area contributed by atoms with Gasteiger partial charge in [-0.05, 0) is 25.5 Å². The number of carboxylic acids is 1. The van der Waals surface area contributed by atoms with E-state index in [1.807, 2.05) is 19.1 Å².